The molecule has 2 rings (SSSR count). The Bertz CT molecular complexity index is 868. The van der Waals surface area contributed by atoms with Crippen molar-refractivity contribution in [1.82, 2.24) is 14.8 Å². The maximum Gasteiger partial charge on any atom is 0.416 e. The lowest BCUT2D eigenvalue weighted by atomic mass is 10.0. The second kappa shape index (κ2) is 9.80. The van der Waals surface area contributed by atoms with E-state index in [0.717, 1.165) is 17.7 Å². The van der Waals surface area contributed by atoms with Crippen LogP contribution < -0.4 is 10.2 Å². The summed E-state index contributed by atoms with van der Waals surface area (Å²) in [7, 11) is 7.19. The molecule has 164 valence electrons. The molecule has 0 saturated carbocycles. The third-order valence-corrected chi connectivity index (χ3v) is 4.57. The number of urea groups is 1. The first-order valence-corrected chi connectivity index (χ1v) is 9.50. The monoisotopic (exact) mass is 423 g/mol. The number of anilines is 2. The fourth-order valence-corrected chi connectivity index (χ4v) is 2.84. The lowest BCUT2D eigenvalue weighted by Crippen LogP contribution is -2.43. The highest BCUT2D eigenvalue weighted by Crippen LogP contribution is 2.31. The molecule has 0 fully saturated rings. The lowest BCUT2D eigenvalue weighted by molar-refractivity contribution is -0.137. The van der Waals surface area contributed by atoms with Crippen LogP contribution >= 0.6 is 0 Å². The second-order valence-corrected chi connectivity index (χ2v) is 7.50. The average Bonchev–Trinajstić information content (AvgIpc) is 2.66. The van der Waals surface area contributed by atoms with Gasteiger partial charge in [-0.3, -0.25) is 4.90 Å². The van der Waals surface area contributed by atoms with Crippen molar-refractivity contribution in [2.24, 2.45) is 0 Å². The smallest absolute Gasteiger partial charge is 0.378 e. The van der Waals surface area contributed by atoms with Gasteiger partial charge in [0, 0.05) is 39.9 Å². The molecule has 2 aromatic rings. The summed E-state index contributed by atoms with van der Waals surface area (Å²) in [5, 5.41) is 3.22. The number of rotatable bonds is 7. The summed E-state index contributed by atoms with van der Waals surface area (Å²) in [6, 6.07) is 7.02. The van der Waals surface area contributed by atoms with Crippen molar-refractivity contribution in [3.05, 3.63) is 53.2 Å². The Hall–Kier alpha value is -2.81. The lowest BCUT2D eigenvalue weighted by Gasteiger charge is -2.28. The normalized spacial score (nSPS) is 11.5. The van der Waals surface area contributed by atoms with Gasteiger partial charge < -0.3 is 15.1 Å². The van der Waals surface area contributed by atoms with Crippen molar-refractivity contribution < 1.29 is 18.0 Å². The maximum atomic E-state index is 12.9. The molecule has 0 bridgehead atoms. The third kappa shape index (κ3) is 6.09. The molecule has 0 aliphatic rings. The predicted octanol–water partition coefficient (Wildman–Crippen LogP) is 4.07. The Kier molecular flexibility index (Phi) is 7.66. The minimum Gasteiger partial charge on any atom is -0.378 e. The van der Waals surface area contributed by atoms with Gasteiger partial charge in [-0.2, -0.15) is 13.2 Å². The third-order valence-electron chi connectivity index (χ3n) is 4.57. The first-order chi connectivity index (χ1) is 14.0. The number of carbonyl (C=O) groups is 1. The van der Waals surface area contributed by atoms with E-state index in [4.69, 9.17) is 0 Å². The molecule has 0 aliphatic carbocycles. The fourth-order valence-electron chi connectivity index (χ4n) is 2.84. The van der Waals surface area contributed by atoms with Crippen LogP contribution in [-0.2, 0) is 12.7 Å². The summed E-state index contributed by atoms with van der Waals surface area (Å²) in [6.07, 6.45) is -2.76. The van der Waals surface area contributed by atoms with Crippen molar-refractivity contribution in [1.29, 1.82) is 0 Å². The highest BCUT2D eigenvalue weighted by molar-refractivity contribution is 5.93. The zero-order chi connectivity index (χ0) is 22.5. The van der Waals surface area contributed by atoms with Gasteiger partial charge in [0.2, 0.25) is 0 Å². The molecule has 9 heteroatoms. The maximum absolute atomic E-state index is 12.9. The number of nitrogens with one attached hydrogen (secondary N) is 1. The number of alkyl halides is 3. The Morgan fingerprint density at radius 2 is 1.80 bits per heavy atom. The Morgan fingerprint density at radius 3 is 2.37 bits per heavy atom. The fraction of sp³-hybridized carbons (Fsp3) is 0.429. The molecule has 0 radical (unpaired) electrons. The van der Waals surface area contributed by atoms with Crippen molar-refractivity contribution in [3.8, 4) is 0 Å². The van der Waals surface area contributed by atoms with E-state index in [-0.39, 0.29) is 6.03 Å². The Morgan fingerprint density at radius 1 is 1.10 bits per heavy atom. The molecule has 1 N–H and O–H groups in total. The van der Waals surface area contributed by atoms with Gasteiger partial charge in [0.1, 0.15) is 0 Å². The number of nitrogens with zero attached hydrogens (tertiary/aromatic N) is 4. The minimum atomic E-state index is -4.37. The number of halogens is 3. The zero-order valence-corrected chi connectivity index (χ0v) is 17.9. The minimum absolute atomic E-state index is 0.204. The molecule has 0 atom stereocenters. The van der Waals surface area contributed by atoms with Crippen LogP contribution in [0.1, 0.15) is 16.7 Å². The number of hydrogen-bond acceptors (Lipinski definition) is 4. The van der Waals surface area contributed by atoms with Gasteiger partial charge >= 0.3 is 12.2 Å². The van der Waals surface area contributed by atoms with Gasteiger partial charge in [-0.15, -0.1) is 0 Å². The van der Waals surface area contributed by atoms with E-state index >= 15 is 0 Å². The highest BCUT2D eigenvalue weighted by atomic mass is 19.4. The van der Waals surface area contributed by atoms with Gasteiger partial charge in [0.05, 0.1) is 11.3 Å². The summed E-state index contributed by atoms with van der Waals surface area (Å²) in [4.78, 5) is 22.2. The number of carbonyl (C=O) groups excluding carboxylic acids is 1. The van der Waals surface area contributed by atoms with Crippen LogP contribution in [-0.4, -0.2) is 62.1 Å². The summed E-state index contributed by atoms with van der Waals surface area (Å²) in [5.41, 5.74) is 1.23. The zero-order valence-electron chi connectivity index (χ0n) is 17.9. The molecule has 0 saturated heterocycles. The summed E-state index contributed by atoms with van der Waals surface area (Å²) in [5.74, 6) is 0.475. The number of pyridine rings is 1. The number of benzene rings is 1. The van der Waals surface area contributed by atoms with E-state index in [1.807, 2.05) is 19.0 Å². The number of amides is 2. The quantitative estimate of drug-likeness (QED) is 0.730. The molecule has 1 aromatic carbocycles. The van der Waals surface area contributed by atoms with Crippen LogP contribution in [0.2, 0.25) is 0 Å². The van der Waals surface area contributed by atoms with Crippen LogP contribution in [0.5, 0.6) is 0 Å². The van der Waals surface area contributed by atoms with Crippen LogP contribution in [0.25, 0.3) is 0 Å². The van der Waals surface area contributed by atoms with Gasteiger partial charge in [0.25, 0.3) is 0 Å². The molecular formula is C21H28F3N5O. The van der Waals surface area contributed by atoms with Gasteiger partial charge in [-0.05, 0) is 56.4 Å². The van der Waals surface area contributed by atoms with Crippen LogP contribution in [0, 0.1) is 6.92 Å². The van der Waals surface area contributed by atoms with E-state index < -0.39 is 11.7 Å². The van der Waals surface area contributed by atoms with Crippen molar-refractivity contribution >= 4 is 17.5 Å². The summed E-state index contributed by atoms with van der Waals surface area (Å²) < 4.78 is 38.7. The second-order valence-electron chi connectivity index (χ2n) is 7.50. The van der Waals surface area contributed by atoms with Crippen LogP contribution in [0.4, 0.5) is 29.5 Å². The molecule has 0 unspecified atom stereocenters. The first-order valence-electron chi connectivity index (χ1n) is 9.50. The van der Waals surface area contributed by atoms with E-state index in [2.05, 4.69) is 10.3 Å². The Labute approximate surface area is 175 Å². The van der Waals surface area contributed by atoms with Crippen LogP contribution in [0.3, 0.4) is 0 Å². The number of aromatic nitrogens is 1. The largest absolute Gasteiger partial charge is 0.416 e. The van der Waals surface area contributed by atoms with E-state index in [1.54, 1.807) is 44.2 Å². The topological polar surface area (TPSA) is 51.7 Å². The van der Waals surface area contributed by atoms with Gasteiger partial charge in [-0.1, -0.05) is 6.07 Å². The molecule has 0 spiro atoms. The first kappa shape index (κ1) is 23.5. The molecule has 6 nitrogen and oxygen atoms in total. The number of aryl methyl sites for hydroxylation is 1. The standard InChI is InChI=1S/C21H28F3N5O/c1-15-13-17(21(22,23)24)9-8-16(15)14-26-18-7-6-10-25-19(18)29(12-11-27(2)3)20(30)28(4)5/h6-10,13,26H,11-12,14H2,1-5H3. The SMILES string of the molecule is Cc1cc(C(F)(F)F)ccc1CNc1cccnc1N(CCN(C)C)C(=O)N(C)C. The molecule has 2 amide bonds. The predicted molar refractivity (Wildman–Crippen MR) is 113 cm³/mol. The van der Waals surface area contributed by atoms with Crippen LogP contribution in [0.15, 0.2) is 36.5 Å². The molecular weight excluding hydrogens is 395 g/mol. The Balaban J connectivity index is 2.26. The molecule has 1 heterocycles. The number of hydrogen-bond donors (Lipinski definition) is 1. The average molecular weight is 423 g/mol. The molecule has 0 aliphatic heterocycles. The summed E-state index contributed by atoms with van der Waals surface area (Å²) in [6.45, 7) is 3.04. The molecule has 30 heavy (non-hydrogen) atoms. The van der Waals surface area contributed by atoms with E-state index in [1.165, 1.54) is 11.0 Å². The molecule has 1 aromatic heterocycles. The van der Waals surface area contributed by atoms with Crippen molar-refractivity contribution in [2.75, 3.05) is 51.5 Å². The summed E-state index contributed by atoms with van der Waals surface area (Å²) >= 11 is 0. The highest BCUT2D eigenvalue weighted by Gasteiger charge is 2.30. The van der Waals surface area contributed by atoms with Gasteiger partial charge in [0.15, 0.2) is 5.82 Å². The van der Waals surface area contributed by atoms with Gasteiger partial charge in [-0.25, -0.2) is 9.78 Å². The van der Waals surface area contributed by atoms with Crippen molar-refractivity contribution in [2.45, 2.75) is 19.6 Å². The van der Waals surface area contributed by atoms with E-state index in [9.17, 15) is 18.0 Å². The van der Waals surface area contributed by atoms with Crippen molar-refractivity contribution in [3.63, 3.8) is 0 Å². The van der Waals surface area contributed by atoms with E-state index in [0.29, 0.717) is 36.7 Å². The number of likely N-dealkylation sites (N-methyl/N-ethyl adjacent to an activating group) is 1.